The average Bonchev–Trinajstić information content (AvgIpc) is 2.86. The summed E-state index contributed by atoms with van der Waals surface area (Å²) in [5.74, 6) is -3.65. The van der Waals surface area contributed by atoms with E-state index in [9.17, 15) is 34.8 Å². The molecule has 9 heteroatoms. The molecule has 2 fully saturated rings. The number of fused-ring (bicyclic) bond motifs is 3. The fraction of sp³-hybridized carbons (Fsp3) is 0.483. The monoisotopic (exact) mass is 520 g/mol. The predicted molar refractivity (Wildman–Crippen MR) is 138 cm³/mol. The van der Waals surface area contributed by atoms with E-state index in [0.717, 1.165) is 37.7 Å². The fourth-order valence-corrected chi connectivity index (χ4v) is 7.34. The number of nitrogens with two attached hydrogens (primary N) is 1. The summed E-state index contributed by atoms with van der Waals surface area (Å²) in [5, 5.41) is 44.9. The number of Topliss-reactive ketones (excluding diaryl/α,β-unsaturated/α-hetero) is 2. The molecule has 4 aliphatic rings. The molecule has 1 aromatic rings. The van der Waals surface area contributed by atoms with Gasteiger partial charge in [0.2, 0.25) is 5.78 Å². The molecule has 4 atom stereocenters. The zero-order valence-corrected chi connectivity index (χ0v) is 21.5. The second kappa shape index (κ2) is 8.72. The van der Waals surface area contributed by atoms with Gasteiger partial charge in [0.15, 0.2) is 11.4 Å². The molecule has 1 aromatic carbocycles. The third-order valence-corrected chi connectivity index (χ3v) is 9.10. The Hall–Kier alpha value is -3.61. The van der Waals surface area contributed by atoms with Gasteiger partial charge in [-0.3, -0.25) is 19.3 Å². The topological polar surface area (TPSA) is 161 Å². The van der Waals surface area contributed by atoms with Gasteiger partial charge in [0, 0.05) is 11.5 Å². The lowest BCUT2D eigenvalue weighted by Gasteiger charge is -2.50. The van der Waals surface area contributed by atoms with Crippen molar-refractivity contribution >= 4 is 23.2 Å². The lowest BCUT2D eigenvalue weighted by atomic mass is 9.56. The van der Waals surface area contributed by atoms with Gasteiger partial charge < -0.3 is 26.2 Å². The number of aliphatic hydroxyl groups excluding tert-OH is 2. The highest BCUT2D eigenvalue weighted by Crippen LogP contribution is 2.54. The summed E-state index contributed by atoms with van der Waals surface area (Å²) in [4.78, 5) is 40.8. The van der Waals surface area contributed by atoms with E-state index in [4.69, 9.17) is 12.2 Å². The minimum Gasteiger partial charge on any atom is -0.508 e. The van der Waals surface area contributed by atoms with Gasteiger partial charge in [-0.2, -0.15) is 0 Å². The number of rotatable bonds is 3. The molecule has 0 radical (unpaired) electrons. The van der Waals surface area contributed by atoms with Gasteiger partial charge in [-0.15, -0.1) is 6.42 Å². The molecule has 0 heterocycles. The summed E-state index contributed by atoms with van der Waals surface area (Å²) in [6, 6.07) is 2.12. The Balaban J connectivity index is 1.73. The van der Waals surface area contributed by atoms with Crippen molar-refractivity contribution in [3.8, 4) is 18.1 Å². The van der Waals surface area contributed by atoms with Crippen LogP contribution in [-0.2, 0) is 26.2 Å². The smallest absolute Gasteiger partial charge is 0.255 e. The van der Waals surface area contributed by atoms with Crippen LogP contribution < -0.4 is 5.73 Å². The van der Waals surface area contributed by atoms with Gasteiger partial charge in [0.25, 0.3) is 5.91 Å². The first kappa shape index (κ1) is 26.0. The third-order valence-electron chi connectivity index (χ3n) is 9.10. The first-order valence-corrected chi connectivity index (χ1v) is 12.9. The molecular formula is C29H32N2O7. The lowest BCUT2D eigenvalue weighted by Crippen LogP contribution is -2.65. The van der Waals surface area contributed by atoms with Gasteiger partial charge in [-0.1, -0.05) is 31.2 Å². The average molecular weight is 521 g/mol. The van der Waals surface area contributed by atoms with E-state index in [1.165, 1.54) is 11.0 Å². The van der Waals surface area contributed by atoms with Gasteiger partial charge in [-0.05, 0) is 62.9 Å². The summed E-state index contributed by atoms with van der Waals surface area (Å²) >= 11 is 0. The van der Waals surface area contributed by atoms with E-state index in [2.05, 4.69) is 5.92 Å². The van der Waals surface area contributed by atoms with Gasteiger partial charge in [0.05, 0.1) is 17.0 Å². The Morgan fingerprint density at radius 2 is 1.79 bits per heavy atom. The van der Waals surface area contributed by atoms with Crippen LogP contribution in [0.4, 0.5) is 0 Å². The predicted octanol–water partition coefficient (Wildman–Crippen LogP) is 1.80. The molecule has 5 rings (SSSR count). The van der Waals surface area contributed by atoms with Crippen LogP contribution in [0.15, 0.2) is 29.0 Å². The van der Waals surface area contributed by atoms with Crippen LogP contribution in [0.1, 0.15) is 55.2 Å². The summed E-state index contributed by atoms with van der Waals surface area (Å²) in [7, 11) is 3.15. The van der Waals surface area contributed by atoms with Crippen molar-refractivity contribution in [2.75, 3.05) is 14.1 Å². The zero-order chi connectivity index (χ0) is 27.7. The molecule has 2 saturated carbocycles. The first-order valence-electron chi connectivity index (χ1n) is 12.9. The molecule has 0 spiro atoms. The molecule has 0 saturated heterocycles. The second-order valence-electron chi connectivity index (χ2n) is 11.2. The standard InChI is InChI=1S/C29H32N2O7/c1-4-28(10-6-5-7-11-28)16-8-9-18(32)20-15(16)12-14-13-17-22(31(2)3)24(34)21(27(30)37)26(36)29(17,38)25(35)19(14)23(20)33/h1,8-9,14,17,22,32-33,36,38H,5-7,10-13H2,2-3H3,(H2,30,37)/t14?,17?,22-,29-/m0/s1. The molecule has 1 amide bonds. The van der Waals surface area contributed by atoms with Crippen molar-refractivity contribution in [2.24, 2.45) is 17.6 Å². The van der Waals surface area contributed by atoms with Crippen molar-refractivity contribution in [3.05, 3.63) is 45.7 Å². The summed E-state index contributed by atoms with van der Waals surface area (Å²) < 4.78 is 0. The first-order chi connectivity index (χ1) is 17.9. The minimum atomic E-state index is -2.65. The molecule has 200 valence electrons. The number of benzene rings is 1. The quantitative estimate of drug-likeness (QED) is 0.298. The van der Waals surface area contributed by atoms with E-state index in [0.29, 0.717) is 5.56 Å². The van der Waals surface area contributed by atoms with Crippen LogP contribution in [0.25, 0.3) is 5.76 Å². The van der Waals surface area contributed by atoms with Crippen LogP contribution in [0.3, 0.4) is 0 Å². The Kier molecular flexibility index (Phi) is 5.97. The van der Waals surface area contributed by atoms with E-state index in [1.807, 2.05) is 0 Å². The highest BCUT2D eigenvalue weighted by molar-refractivity contribution is 6.24. The van der Waals surface area contributed by atoms with E-state index in [1.54, 1.807) is 20.2 Å². The number of hydrogen-bond acceptors (Lipinski definition) is 8. The number of amides is 1. The number of terminal acetylenes is 1. The van der Waals surface area contributed by atoms with Crippen LogP contribution in [-0.4, -0.2) is 68.5 Å². The molecule has 0 aliphatic heterocycles. The van der Waals surface area contributed by atoms with Gasteiger partial charge >= 0.3 is 0 Å². The Bertz CT molecular complexity index is 1380. The van der Waals surface area contributed by atoms with Crippen molar-refractivity contribution in [1.82, 2.24) is 4.90 Å². The maximum Gasteiger partial charge on any atom is 0.255 e. The normalized spacial score (nSPS) is 30.4. The van der Waals surface area contributed by atoms with E-state index in [-0.39, 0.29) is 29.7 Å². The molecule has 4 aliphatic carbocycles. The highest BCUT2D eigenvalue weighted by atomic mass is 16.3. The van der Waals surface area contributed by atoms with Crippen LogP contribution in [0.2, 0.25) is 0 Å². The number of aromatic hydroxyl groups is 1. The largest absolute Gasteiger partial charge is 0.508 e. The molecule has 0 aromatic heterocycles. The molecular weight excluding hydrogens is 488 g/mol. The van der Waals surface area contributed by atoms with Crippen molar-refractivity contribution in [1.29, 1.82) is 0 Å². The molecule has 6 N–H and O–H groups in total. The molecule has 2 unspecified atom stereocenters. The van der Waals surface area contributed by atoms with Gasteiger partial charge in [-0.25, -0.2) is 0 Å². The van der Waals surface area contributed by atoms with Crippen molar-refractivity contribution in [3.63, 3.8) is 0 Å². The molecule has 38 heavy (non-hydrogen) atoms. The second-order valence-corrected chi connectivity index (χ2v) is 11.2. The zero-order valence-electron chi connectivity index (χ0n) is 21.5. The highest BCUT2D eigenvalue weighted by Gasteiger charge is 2.64. The number of ketones is 2. The number of aliphatic hydroxyl groups is 3. The van der Waals surface area contributed by atoms with Crippen LogP contribution in [0, 0.1) is 24.2 Å². The maximum atomic E-state index is 13.9. The number of hydrogen-bond donors (Lipinski definition) is 5. The van der Waals surface area contributed by atoms with E-state index < -0.39 is 63.5 Å². The number of nitrogens with zero attached hydrogens (tertiary/aromatic N) is 1. The fourth-order valence-electron chi connectivity index (χ4n) is 7.34. The van der Waals surface area contributed by atoms with Gasteiger partial charge in [0.1, 0.15) is 22.8 Å². The SMILES string of the molecule is C#CC1(c2ccc(O)c3c2CC2CC4[C@H](N(C)C)C(=O)C(C(N)=O)=C(O)[C@@]4(O)C(=O)C2=C3O)CCCCC1. The minimum absolute atomic E-state index is 0.0455. The third kappa shape index (κ3) is 3.30. The number of phenolic OH excluding ortho intramolecular Hbond substituents is 1. The summed E-state index contributed by atoms with van der Waals surface area (Å²) in [6.45, 7) is 0. The molecule has 9 nitrogen and oxygen atoms in total. The summed E-state index contributed by atoms with van der Waals surface area (Å²) in [5.41, 5.74) is 2.71. The number of phenols is 1. The Morgan fingerprint density at radius 3 is 2.37 bits per heavy atom. The summed E-state index contributed by atoms with van der Waals surface area (Å²) in [6.07, 6.45) is 10.8. The number of carbonyl (C=O) groups is 3. The van der Waals surface area contributed by atoms with Crippen molar-refractivity contribution < 1.29 is 34.8 Å². The number of carbonyl (C=O) groups excluding carboxylic acids is 3. The van der Waals surface area contributed by atoms with Crippen LogP contribution in [0.5, 0.6) is 5.75 Å². The lowest BCUT2D eigenvalue weighted by molar-refractivity contribution is -0.153. The number of primary amides is 1. The van der Waals surface area contributed by atoms with Crippen molar-refractivity contribution in [2.45, 2.75) is 62.0 Å². The number of likely N-dealkylation sites (N-methyl/N-ethyl adjacent to an activating group) is 1. The van der Waals surface area contributed by atoms with E-state index >= 15 is 0 Å². The van der Waals surface area contributed by atoms with Crippen LogP contribution >= 0.6 is 0 Å². The molecule has 0 bridgehead atoms. The Labute approximate surface area is 220 Å². The maximum absolute atomic E-state index is 13.9. The Morgan fingerprint density at radius 1 is 1.13 bits per heavy atom.